The predicted molar refractivity (Wildman–Crippen MR) is 97.3 cm³/mol. The molecule has 4 aliphatic carbocycles. The first-order chi connectivity index (χ1) is 12.1. The quantitative estimate of drug-likeness (QED) is 0.905. The van der Waals surface area contributed by atoms with Gasteiger partial charge in [0.25, 0.3) is 0 Å². The lowest BCUT2D eigenvalue weighted by Crippen LogP contribution is -2.56. The lowest BCUT2D eigenvalue weighted by molar-refractivity contribution is -0.131. The molecule has 1 heterocycles. The van der Waals surface area contributed by atoms with E-state index in [1.54, 1.807) is 0 Å². The summed E-state index contributed by atoms with van der Waals surface area (Å²) in [5, 5.41) is 3.42. The van der Waals surface area contributed by atoms with Crippen molar-refractivity contribution in [3.05, 3.63) is 29.8 Å². The molecule has 25 heavy (non-hydrogen) atoms. The maximum Gasteiger partial charge on any atom is 0.227 e. The van der Waals surface area contributed by atoms with Crippen LogP contribution in [0.15, 0.2) is 24.3 Å². The molecule has 0 unspecified atom stereocenters. The van der Waals surface area contributed by atoms with Crippen molar-refractivity contribution in [2.75, 3.05) is 6.61 Å². The molecule has 2 atom stereocenters. The van der Waals surface area contributed by atoms with Crippen LogP contribution in [-0.4, -0.2) is 18.6 Å². The van der Waals surface area contributed by atoms with Gasteiger partial charge in [-0.2, -0.15) is 0 Å². The van der Waals surface area contributed by atoms with E-state index >= 15 is 0 Å². The summed E-state index contributed by atoms with van der Waals surface area (Å²) in [6, 6.07) is 8.40. The number of para-hydroxylation sites is 1. The molecule has 1 N–H and O–H groups in total. The molecule has 4 fully saturated rings. The summed E-state index contributed by atoms with van der Waals surface area (Å²) in [6.45, 7) is 2.78. The molecule has 0 aromatic heterocycles. The van der Waals surface area contributed by atoms with E-state index in [2.05, 4.69) is 18.3 Å². The highest BCUT2D eigenvalue weighted by Crippen LogP contribution is 2.61. The molecule has 3 heteroatoms. The fraction of sp³-hybridized carbons (Fsp3) is 0.682. The number of carbonyl (C=O) groups is 1. The summed E-state index contributed by atoms with van der Waals surface area (Å²) in [6.07, 6.45) is 9.17. The third kappa shape index (κ3) is 2.67. The van der Waals surface area contributed by atoms with Crippen molar-refractivity contribution in [2.24, 2.45) is 29.1 Å². The van der Waals surface area contributed by atoms with Crippen LogP contribution in [-0.2, 0) is 11.2 Å². The molecular formula is C22H29NO2. The van der Waals surface area contributed by atoms with Crippen LogP contribution in [0.3, 0.4) is 0 Å². The second-order valence-corrected chi connectivity index (χ2v) is 9.33. The summed E-state index contributed by atoms with van der Waals surface area (Å²) >= 11 is 0. The SMILES string of the molecule is C[C@H](NC(=O)[C@@H]1COc2ccccc2C1)C12CC3CC(CC(C3)C1)C2. The molecule has 1 aromatic rings. The summed E-state index contributed by atoms with van der Waals surface area (Å²) in [4.78, 5) is 12.9. The van der Waals surface area contributed by atoms with E-state index in [0.717, 1.165) is 35.5 Å². The first-order valence-corrected chi connectivity index (χ1v) is 10.1. The molecule has 134 valence electrons. The number of nitrogens with one attached hydrogen (secondary N) is 1. The second-order valence-electron chi connectivity index (χ2n) is 9.33. The molecule has 0 radical (unpaired) electrons. The summed E-state index contributed by atoms with van der Waals surface area (Å²) in [7, 11) is 0. The van der Waals surface area contributed by atoms with Gasteiger partial charge in [-0.3, -0.25) is 4.79 Å². The minimum absolute atomic E-state index is 0.0498. The molecule has 1 aromatic carbocycles. The number of ether oxygens (including phenoxy) is 1. The van der Waals surface area contributed by atoms with Gasteiger partial charge in [0, 0.05) is 6.04 Å². The van der Waals surface area contributed by atoms with Gasteiger partial charge in [0.1, 0.15) is 12.4 Å². The highest BCUT2D eigenvalue weighted by molar-refractivity contribution is 5.80. The zero-order valence-electron chi connectivity index (χ0n) is 15.2. The van der Waals surface area contributed by atoms with E-state index in [4.69, 9.17) is 4.74 Å². The van der Waals surface area contributed by atoms with Crippen molar-refractivity contribution in [1.29, 1.82) is 0 Å². The summed E-state index contributed by atoms with van der Waals surface area (Å²) < 4.78 is 5.83. The van der Waals surface area contributed by atoms with Gasteiger partial charge >= 0.3 is 0 Å². The Morgan fingerprint density at radius 1 is 1.12 bits per heavy atom. The fourth-order valence-electron chi connectivity index (χ4n) is 6.69. The molecular weight excluding hydrogens is 310 g/mol. The van der Waals surface area contributed by atoms with Crippen LogP contribution in [0.2, 0.25) is 0 Å². The van der Waals surface area contributed by atoms with Crippen LogP contribution in [0.25, 0.3) is 0 Å². The maximum absolute atomic E-state index is 12.9. The monoisotopic (exact) mass is 339 g/mol. The lowest BCUT2D eigenvalue weighted by Gasteiger charge is -2.59. The lowest BCUT2D eigenvalue weighted by atomic mass is 9.48. The van der Waals surface area contributed by atoms with Crippen molar-refractivity contribution in [3.8, 4) is 5.75 Å². The maximum atomic E-state index is 12.9. The minimum Gasteiger partial charge on any atom is -0.492 e. The zero-order chi connectivity index (χ0) is 17.0. The van der Waals surface area contributed by atoms with Gasteiger partial charge in [0.15, 0.2) is 0 Å². The van der Waals surface area contributed by atoms with Crippen LogP contribution in [0.5, 0.6) is 5.75 Å². The fourth-order valence-corrected chi connectivity index (χ4v) is 6.69. The van der Waals surface area contributed by atoms with E-state index in [9.17, 15) is 4.79 Å². The number of hydrogen-bond donors (Lipinski definition) is 1. The van der Waals surface area contributed by atoms with Crippen molar-refractivity contribution in [3.63, 3.8) is 0 Å². The van der Waals surface area contributed by atoms with Crippen molar-refractivity contribution < 1.29 is 9.53 Å². The normalized spacial score (nSPS) is 39.4. The number of amides is 1. The molecule has 0 saturated heterocycles. The van der Waals surface area contributed by atoms with Crippen LogP contribution in [0.4, 0.5) is 0 Å². The third-order valence-electron chi connectivity index (χ3n) is 7.61. The van der Waals surface area contributed by atoms with Crippen molar-refractivity contribution >= 4 is 5.91 Å². The van der Waals surface area contributed by atoms with Gasteiger partial charge in [-0.15, -0.1) is 0 Å². The topological polar surface area (TPSA) is 38.3 Å². The highest BCUT2D eigenvalue weighted by Gasteiger charge is 2.53. The Balaban J connectivity index is 1.27. The zero-order valence-corrected chi connectivity index (χ0v) is 15.2. The van der Waals surface area contributed by atoms with Crippen LogP contribution >= 0.6 is 0 Å². The molecule has 4 saturated carbocycles. The number of hydrogen-bond acceptors (Lipinski definition) is 2. The Kier molecular flexibility index (Phi) is 3.62. The number of rotatable bonds is 3. The largest absolute Gasteiger partial charge is 0.492 e. The van der Waals surface area contributed by atoms with Crippen molar-refractivity contribution in [2.45, 2.75) is 57.9 Å². The van der Waals surface area contributed by atoms with Gasteiger partial charge in [0.05, 0.1) is 5.92 Å². The Hall–Kier alpha value is -1.51. The average molecular weight is 339 g/mol. The number of fused-ring (bicyclic) bond motifs is 1. The minimum atomic E-state index is -0.0498. The average Bonchev–Trinajstić information content (AvgIpc) is 2.60. The van der Waals surface area contributed by atoms with E-state index in [0.29, 0.717) is 18.1 Å². The number of carbonyl (C=O) groups excluding carboxylic acids is 1. The smallest absolute Gasteiger partial charge is 0.227 e. The summed E-state index contributed by atoms with van der Waals surface area (Å²) in [5.41, 5.74) is 1.54. The van der Waals surface area contributed by atoms with Crippen LogP contribution in [0.1, 0.15) is 51.0 Å². The Morgan fingerprint density at radius 2 is 1.76 bits per heavy atom. The van der Waals surface area contributed by atoms with Gasteiger partial charge in [0.2, 0.25) is 5.91 Å². The third-order valence-corrected chi connectivity index (χ3v) is 7.61. The van der Waals surface area contributed by atoms with Crippen LogP contribution < -0.4 is 10.1 Å². The van der Waals surface area contributed by atoms with E-state index < -0.39 is 0 Å². The predicted octanol–water partition coefficient (Wildman–Crippen LogP) is 3.96. The van der Waals surface area contributed by atoms with E-state index in [1.807, 2.05) is 18.2 Å². The Labute approximate surface area is 150 Å². The second kappa shape index (κ2) is 5.75. The van der Waals surface area contributed by atoms with Crippen molar-refractivity contribution in [1.82, 2.24) is 5.32 Å². The number of benzene rings is 1. The van der Waals surface area contributed by atoms with Gasteiger partial charge in [-0.1, -0.05) is 18.2 Å². The van der Waals surface area contributed by atoms with Crippen LogP contribution in [0, 0.1) is 29.1 Å². The van der Waals surface area contributed by atoms with Gasteiger partial charge < -0.3 is 10.1 Å². The summed E-state index contributed by atoms with van der Waals surface area (Å²) in [5.74, 6) is 3.87. The molecule has 3 nitrogen and oxygen atoms in total. The first kappa shape index (κ1) is 15.7. The molecule has 1 aliphatic heterocycles. The Morgan fingerprint density at radius 3 is 2.44 bits per heavy atom. The molecule has 5 aliphatic rings. The first-order valence-electron chi connectivity index (χ1n) is 10.1. The Bertz CT molecular complexity index is 647. The highest BCUT2D eigenvalue weighted by atomic mass is 16.5. The molecule has 0 spiro atoms. The molecule has 4 bridgehead atoms. The van der Waals surface area contributed by atoms with Gasteiger partial charge in [-0.25, -0.2) is 0 Å². The standard InChI is InChI=1S/C22H29NO2/c1-14(22-10-15-6-16(11-22)8-17(7-15)12-22)23-21(24)19-9-18-4-2-3-5-20(18)25-13-19/h2-5,14-17,19H,6-13H2,1H3,(H,23,24)/t14-,15?,16?,17?,19-,22?/m0/s1. The van der Waals surface area contributed by atoms with Gasteiger partial charge in [-0.05, 0) is 86.7 Å². The van der Waals surface area contributed by atoms with E-state index in [1.165, 1.54) is 38.5 Å². The molecule has 1 amide bonds. The molecule has 6 rings (SSSR count). The van der Waals surface area contributed by atoms with E-state index in [-0.39, 0.29) is 11.8 Å².